The fourth-order valence-electron chi connectivity index (χ4n) is 2.73. The van der Waals surface area contributed by atoms with Gasteiger partial charge in [-0.1, -0.05) is 28.8 Å². The van der Waals surface area contributed by atoms with Gasteiger partial charge in [-0.2, -0.15) is 0 Å². The number of tetrazole rings is 1. The Morgan fingerprint density at radius 3 is 2.90 bits per heavy atom. The van der Waals surface area contributed by atoms with Crippen molar-refractivity contribution in [2.75, 3.05) is 6.54 Å². The monoisotopic (exact) mass is 367 g/mol. The van der Waals surface area contributed by atoms with E-state index in [1.54, 1.807) is 11.8 Å². The van der Waals surface area contributed by atoms with Gasteiger partial charge in [0.2, 0.25) is 5.16 Å². The SMILES string of the molecule is NCCc1cc(Br)ccc1Sc1nnnn1C1CCCC1. The fourth-order valence-corrected chi connectivity index (χ4v) is 4.12. The van der Waals surface area contributed by atoms with E-state index in [1.165, 1.54) is 36.1 Å². The number of halogens is 1. The summed E-state index contributed by atoms with van der Waals surface area (Å²) in [6, 6.07) is 6.73. The predicted octanol–water partition coefficient (Wildman–Crippen LogP) is 3.20. The zero-order valence-electron chi connectivity index (χ0n) is 11.7. The van der Waals surface area contributed by atoms with E-state index >= 15 is 0 Å². The Morgan fingerprint density at radius 1 is 1.33 bits per heavy atom. The van der Waals surface area contributed by atoms with Gasteiger partial charge in [0.25, 0.3) is 0 Å². The van der Waals surface area contributed by atoms with Crippen LogP contribution in [-0.4, -0.2) is 26.8 Å². The molecule has 0 aliphatic heterocycles. The Kier molecular flexibility index (Phi) is 4.92. The van der Waals surface area contributed by atoms with E-state index in [0.29, 0.717) is 12.6 Å². The summed E-state index contributed by atoms with van der Waals surface area (Å²) >= 11 is 5.15. The van der Waals surface area contributed by atoms with Gasteiger partial charge >= 0.3 is 0 Å². The van der Waals surface area contributed by atoms with Crippen molar-refractivity contribution in [1.82, 2.24) is 20.2 Å². The highest BCUT2D eigenvalue weighted by atomic mass is 79.9. The number of nitrogens with zero attached hydrogens (tertiary/aromatic N) is 4. The van der Waals surface area contributed by atoms with E-state index in [2.05, 4.69) is 43.6 Å². The normalized spacial score (nSPS) is 15.7. The van der Waals surface area contributed by atoms with Gasteiger partial charge in [0.05, 0.1) is 6.04 Å². The van der Waals surface area contributed by atoms with Gasteiger partial charge in [-0.25, -0.2) is 4.68 Å². The van der Waals surface area contributed by atoms with Gasteiger partial charge < -0.3 is 5.73 Å². The summed E-state index contributed by atoms with van der Waals surface area (Å²) in [5, 5.41) is 13.1. The molecule has 1 aliphatic rings. The molecule has 1 saturated carbocycles. The van der Waals surface area contributed by atoms with E-state index in [4.69, 9.17) is 5.73 Å². The second-order valence-corrected chi connectivity index (χ2v) is 7.16. The van der Waals surface area contributed by atoms with Crippen LogP contribution in [0, 0.1) is 0 Å². The average molecular weight is 368 g/mol. The predicted molar refractivity (Wildman–Crippen MR) is 86.3 cm³/mol. The van der Waals surface area contributed by atoms with Crippen LogP contribution >= 0.6 is 27.7 Å². The van der Waals surface area contributed by atoms with Crippen molar-refractivity contribution in [3.05, 3.63) is 28.2 Å². The molecule has 2 aromatic rings. The third kappa shape index (κ3) is 3.46. The third-order valence-corrected chi connectivity index (χ3v) is 5.33. The Labute approximate surface area is 136 Å². The Morgan fingerprint density at radius 2 is 2.14 bits per heavy atom. The molecule has 0 amide bonds. The van der Waals surface area contributed by atoms with Crippen LogP contribution in [0.4, 0.5) is 0 Å². The van der Waals surface area contributed by atoms with Crippen molar-refractivity contribution in [3.8, 4) is 0 Å². The average Bonchev–Trinajstić information content (AvgIpc) is 3.13. The molecule has 1 heterocycles. The highest BCUT2D eigenvalue weighted by Gasteiger charge is 2.22. The van der Waals surface area contributed by atoms with Gasteiger partial charge in [0, 0.05) is 9.37 Å². The highest BCUT2D eigenvalue weighted by molar-refractivity contribution is 9.10. The fraction of sp³-hybridized carbons (Fsp3) is 0.500. The minimum Gasteiger partial charge on any atom is -0.330 e. The smallest absolute Gasteiger partial charge is 0.214 e. The number of benzene rings is 1. The van der Waals surface area contributed by atoms with E-state index in [0.717, 1.165) is 16.0 Å². The summed E-state index contributed by atoms with van der Waals surface area (Å²) in [4.78, 5) is 1.18. The highest BCUT2D eigenvalue weighted by Crippen LogP contribution is 2.35. The van der Waals surface area contributed by atoms with Crippen molar-refractivity contribution in [2.45, 2.75) is 48.2 Å². The minimum atomic E-state index is 0.455. The lowest BCUT2D eigenvalue weighted by atomic mass is 10.1. The lowest BCUT2D eigenvalue weighted by Crippen LogP contribution is -2.08. The molecule has 112 valence electrons. The first-order valence-corrected chi connectivity index (χ1v) is 8.83. The van der Waals surface area contributed by atoms with Crippen molar-refractivity contribution in [3.63, 3.8) is 0 Å². The lowest BCUT2D eigenvalue weighted by Gasteiger charge is -2.12. The number of nitrogens with two attached hydrogens (primary N) is 1. The first-order chi connectivity index (χ1) is 10.3. The van der Waals surface area contributed by atoms with Gasteiger partial charge in [0.1, 0.15) is 0 Å². The molecule has 0 bridgehead atoms. The molecule has 7 heteroatoms. The Bertz CT molecular complexity index is 609. The Balaban J connectivity index is 1.85. The molecule has 0 atom stereocenters. The van der Waals surface area contributed by atoms with Crippen LogP contribution in [0.2, 0.25) is 0 Å². The first-order valence-electron chi connectivity index (χ1n) is 7.22. The standard InChI is InChI=1S/C14H18BrN5S/c15-11-5-6-13(10(9-11)7-8-16)21-14-17-18-19-20(14)12-3-1-2-4-12/h5-6,9,12H,1-4,7-8,16H2. The number of hydrogen-bond acceptors (Lipinski definition) is 5. The summed E-state index contributed by atoms with van der Waals surface area (Å²) in [7, 11) is 0. The zero-order valence-corrected chi connectivity index (χ0v) is 14.1. The number of aromatic nitrogens is 4. The first kappa shape index (κ1) is 15.0. The molecule has 0 radical (unpaired) electrons. The van der Waals surface area contributed by atoms with Crippen LogP contribution < -0.4 is 5.73 Å². The second kappa shape index (κ2) is 6.89. The van der Waals surface area contributed by atoms with E-state index in [9.17, 15) is 0 Å². The molecule has 0 spiro atoms. The summed E-state index contributed by atoms with van der Waals surface area (Å²) < 4.78 is 3.07. The molecule has 2 N–H and O–H groups in total. The van der Waals surface area contributed by atoms with Crippen LogP contribution in [0.25, 0.3) is 0 Å². The molecule has 5 nitrogen and oxygen atoms in total. The Hall–Kier alpha value is -0.920. The third-order valence-electron chi connectivity index (χ3n) is 3.77. The van der Waals surface area contributed by atoms with Gasteiger partial charge in [-0.3, -0.25) is 0 Å². The molecule has 1 aromatic heterocycles. The molecular weight excluding hydrogens is 350 g/mol. The molecule has 1 aromatic carbocycles. The lowest BCUT2D eigenvalue weighted by molar-refractivity contribution is 0.423. The van der Waals surface area contributed by atoms with Crippen LogP contribution in [0.3, 0.4) is 0 Å². The molecule has 1 fully saturated rings. The topological polar surface area (TPSA) is 69.6 Å². The van der Waals surface area contributed by atoms with Gasteiger partial charge in [-0.05, 0) is 71.8 Å². The number of hydrogen-bond donors (Lipinski definition) is 1. The van der Waals surface area contributed by atoms with Gasteiger partial charge in [-0.15, -0.1) is 5.10 Å². The summed E-state index contributed by atoms with van der Waals surface area (Å²) in [5.41, 5.74) is 6.95. The van der Waals surface area contributed by atoms with Crippen molar-refractivity contribution in [1.29, 1.82) is 0 Å². The molecule has 3 rings (SSSR count). The van der Waals surface area contributed by atoms with E-state index < -0.39 is 0 Å². The van der Waals surface area contributed by atoms with Gasteiger partial charge in [0.15, 0.2) is 0 Å². The van der Waals surface area contributed by atoms with Crippen molar-refractivity contribution < 1.29 is 0 Å². The molecule has 21 heavy (non-hydrogen) atoms. The minimum absolute atomic E-state index is 0.455. The van der Waals surface area contributed by atoms with E-state index in [1.807, 2.05) is 10.7 Å². The largest absolute Gasteiger partial charge is 0.330 e. The van der Waals surface area contributed by atoms with E-state index in [-0.39, 0.29) is 0 Å². The molecule has 1 aliphatic carbocycles. The summed E-state index contributed by atoms with van der Waals surface area (Å²) in [5.74, 6) is 0. The summed E-state index contributed by atoms with van der Waals surface area (Å²) in [6.45, 7) is 0.636. The second-order valence-electron chi connectivity index (χ2n) is 5.24. The van der Waals surface area contributed by atoms with Crippen LogP contribution in [0.15, 0.2) is 32.7 Å². The van der Waals surface area contributed by atoms with Crippen molar-refractivity contribution >= 4 is 27.7 Å². The zero-order chi connectivity index (χ0) is 14.7. The molecule has 0 unspecified atom stereocenters. The quantitative estimate of drug-likeness (QED) is 0.878. The number of rotatable bonds is 5. The maximum atomic E-state index is 5.71. The van der Waals surface area contributed by atoms with Crippen LogP contribution in [0.5, 0.6) is 0 Å². The molecular formula is C14H18BrN5S. The van der Waals surface area contributed by atoms with Crippen LogP contribution in [0.1, 0.15) is 37.3 Å². The maximum absolute atomic E-state index is 5.71. The van der Waals surface area contributed by atoms with Crippen molar-refractivity contribution in [2.24, 2.45) is 5.73 Å². The maximum Gasteiger partial charge on any atom is 0.214 e. The summed E-state index contributed by atoms with van der Waals surface area (Å²) in [6.07, 6.45) is 5.74. The van der Waals surface area contributed by atoms with Crippen LogP contribution in [-0.2, 0) is 6.42 Å². The molecule has 0 saturated heterocycles.